The molecule has 0 N–H and O–H groups in total. The topological polar surface area (TPSA) is 102 Å². The van der Waals surface area contributed by atoms with Crippen LogP contribution in [0.1, 0.15) is 24.7 Å². The molecule has 0 aliphatic carbocycles. The molecule has 0 amide bonds. The van der Waals surface area contributed by atoms with E-state index in [9.17, 15) is 14.4 Å². The summed E-state index contributed by atoms with van der Waals surface area (Å²) >= 11 is 0. The third kappa shape index (κ3) is 3.10. The summed E-state index contributed by atoms with van der Waals surface area (Å²) in [5, 5.41) is 0. The van der Waals surface area contributed by atoms with E-state index < -0.39 is 17.2 Å². The molecule has 10 heteroatoms. The number of hydrogen-bond donors (Lipinski definition) is 0. The Bertz CT molecular complexity index is 1470. The van der Waals surface area contributed by atoms with Crippen molar-refractivity contribution in [3.05, 3.63) is 56.5 Å². The second kappa shape index (κ2) is 8.03. The number of methoxy groups -OCH3 is 1. The fraction of sp³-hybridized carbons (Fsp3) is 0.364. The first kappa shape index (κ1) is 21.4. The summed E-state index contributed by atoms with van der Waals surface area (Å²) in [6.07, 6.45) is -0.0727. The maximum atomic E-state index is 13.4. The summed E-state index contributed by atoms with van der Waals surface area (Å²) in [6, 6.07) is 7.52. The zero-order valence-corrected chi connectivity index (χ0v) is 18.7. The molecule has 0 spiro atoms. The number of hydrogen-bond acceptors (Lipinski definition) is 6. The zero-order chi connectivity index (χ0) is 23.2. The van der Waals surface area contributed by atoms with Crippen LogP contribution in [0.2, 0.25) is 0 Å². The second-order valence-corrected chi connectivity index (χ2v) is 7.45. The van der Waals surface area contributed by atoms with Crippen LogP contribution >= 0.6 is 0 Å². The molecule has 0 aliphatic heterocycles. The van der Waals surface area contributed by atoms with Crippen molar-refractivity contribution in [2.75, 3.05) is 13.7 Å². The molecule has 3 heterocycles. The van der Waals surface area contributed by atoms with Crippen molar-refractivity contribution in [1.29, 1.82) is 0 Å². The Morgan fingerprint density at radius 1 is 1.12 bits per heavy atom. The minimum absolute atomic E-state index is 0.0707. The van der Waals surface area contributed by atoms with Crippen LogP contribution in [0.15, 0.2) is 33.9 Å². The predicted molar refractivity (Wildman–Crippen MR) is 119 cm³/mol. The molecule has 0 radical (unpaired) electrons. The SMILES string of the molecule is CCOC(=O)CCn1c(=O)c2c(nc3n(-c4ccccc4OC)c(C)c(C)n23)n(C)c1=O. The Hall–Kier alpha value is -3.82. The third-order valence-corrected chi connectivity index (χ3v) is 5.69. The van der Waals surface area contributed by atoms with E-state index >= 15 is 0 Å². The van der Waals surface area contributed by atoms with Crippen molar-refractivity contribution >= 4 is 22.9 Å². The number of carbonyl (C=O) groups excluding carboxylic acids is 1. The molecule has 0 aliphatic rings. The molecule has 3 aromatic heterocycles. The quantitative estimate of drug-likeness (QED) is 0.424. The monoisotopic (exact) mass is 439 g/mol. The van der Waals surface area contributed by atoms with Crippen LogP contribution in [-0.4, -0.2) is 42.8 Å². The molecular weight excluding hydrogens is 414 g/mol. The predicted octanol–water partition coefficient (Wildman–Crippen LogP) is 1.72. The number of imidazole rings is 2. The lowest BCUT2D eigenvalue weighted by atomic mass is 10.2. The van der Waals surface area contributed by atoms with Crippen LogP contribution in [0.5, 0.6) is 5.75 Å². The lowest BCUT2D eigenvalue weighted by molar-refractivity contribution is -0.143. The molecular formula is C22H25N5O5. The van der Waals surface area contributed by atoms with E-state index in [-0.39, 0.29) is 30.7 Å². The molecule has 1 aromatic carbocycles. The van der Waals surface area contributed by atoms with Crippen molar-refractivity contribution < 1.29 is 14.3 Å². The van der Waals surface area contributed by atoms with Crippen LogP contribution in [0, 0.1) is 13.8 Å². The van der Waals surface area contributed by atoms with Gasteiger partial charge >= 0.3 is 11.7 Å². The van der Waals surface area contributed by atoms with Crippen LogP contribution in [-0.2, 0) is 23.1 Å². The molecule has 4 aromatic rings. The normalized spacial score (nSPS) is 11.4. The van der Waals surface area contributed by atoms with Crippen LogP contribution in [0.4, 0.5) is 0 Å². The van der Waals surface area contributed by atoms with Gasteiger partial charge in [-0.3, -0.25) is 27.7 Å². The number of benzene rings is 1. The summed E-state index contributed by atoms with van der Waals surface area (Å²) in [5.74, 6) is 0.685. The zero-order valence-electron chi connectivity index (χ0n) is 18.7. The Morgan fingerprint density at radius 3 is 2.53 bits per heavy atom. The average Bonchev–Trinajstić information content (AvgIpc) is 3.28. The summed E-state index contributed by atoms with van der Waals surface area (Å²) in [4.78, 5) is 42.7. The van der Waals surface area contributed by atoms with Gasteiger partial charge in [0.25, 0.3) is 5.56 Å². The van der Waals surface area contributed by atoms with Gasteiger partial charge in [-0.25, -0.2) is 4.79 Å². The molecule has 168 valence electrons. The van der Waals surface area contributed by atoms with Crippen molar-refractivity contribution in [1.82, 2.24) is 23.1 Å². The number of carbonyl (C=O) groups is 1. The van der Waals surface area contributed by atoms with Crippen molar-refractivity contribution in [3.63, 3.8) is 0 Å². The minimum Gasteiger partial charge on any atom is -0.495 e. The van der Waals surface area contributed by atoms with Gasteiger partial charge in [-0.05, 0) is 32.9 Å². The summed E-state index contributed by atoms with van der Waals surface area (Å²) in [5.41, 5.74) is 1.97. The van der Waals surface area contributed by atoms with E-state index in [0.717, 1.165) is 21.6 Å². The van der Waals surface area contributed by atoms with Crippen molar-refractivity contribution in [2.24, 2.45) is 7.05 Å². The molecule has 0 fully saturated rings. The van der Waals surface area contributed by atoms with E-state index in [1.54, 1.807) is 25.5 Å². The Labute approximate surface area is 183 Å². The lowest BCUT2D eigenvalue weighted by Gasteiger charge is -2.11. The van der Waals surface area contributed by atoms with Crippen molar-refractivity contribution in [2.45, 2.75) is 33.7 Å². The first-order valence-electron chi connectivity index (χ1n) is 10.3. The van der Waals surface area contributed by atoms with E-state index in [1.807, 2.05) is 42.7 Å². The van der Waals surface area contributed by atoms with E-state index in [0.29, 0.717) is 11.5 Å². The second-order valence-electron chi connectivity index (χ2n) is 7.45. The largest absolute Gasteiger partial charge is 0.495 e. The molecule has 0 atom stereocenters. The summed E-state index contributed by atoms with van der Waals surface area (Å²) in [7, 11) is 3.16. The Morgan fingerprint density at radius 2 is 1.84 bits per heavy atom. The molecule has 10 nitrogen and oxygen atoms in total. The number of aryl methyl sites for hydroxylation is 2. The molecule has 4 rings (SSSR count). The van der Waals surface area contributed by atoms with Gasteiger partial charge in [-0.2, -0.15) is 4.98 Å². The highest BCUT2D eigenvalue weighted by Crippen LogP contribution is 2.29. The molecule has 32 heavy (non-hydrogen) atoms. The minimum atomic E-state index is -0.536. The number of rotatable bonds is 6. The third-order valence-electron chi connectivity index (χ3n) is 5.69. The van der Waals surface area contributed by atoms with Crippen LogP contribution in [0.25, 0.3) is 22.6 Å². The molecule has 0 bridgehead atoms. The number of nitrogens with zero attached hydrogens (tertiary/aromatic N) is 5. The maximum absolute atomic E-state index is 13.4. The van der Waals surface area contributed by atoms with Gasteiger partial charge in [0.05, 0.1) is 25.8 Å². The summed E-state index contributed by atoms with van der Waals surface area (Å²) < 4.78 is 16.5. The number of esters is 1. The van der Waals surface area contributed by atoms with Gasteiger partial charge in [0.2, 0.25) is 5.78 Å². The highest BCUT2D eigenvalue weighted by atomic mass is 16.5. The summed E-state index contributed by atoms with van der Waals surface area (Å²) in [6.45, 7) is 5.70. The van der Waals surface area contributed by atoms with Gasteiger partial charge in [0.15, 0.2) is 11.2 Å². The van der Waals surface area contributed by atoms with Gasteiger partial charge in [-0.15, -0.1) is 0 Å². The molecule has 0 saturated heterocycles. The first-order chi connectivity index (χ1) is 15.3. The smallest absolute Gasteiger partial charge is 0.332 e. The van der Waals surface area contributed by atoms with Crippen LogP contribution in [0.3, 0.4) is 0 Å². The van der Waals surface area contributed by atoms with E-state index in [4.69, 9.17) is 9.47 Å². The fourth-order valence-corrected chi connectivity index (χ4v) is 3.99. The Kier molecular flexibility index (Phi) is 5.37. The van der Waals surface area contributed by atoms with E-state index in [2.05, 4.69) is 4.98 Å². The average molecular weight is 439 g/mol. The van der Waals surface area contributed by atoms with Crippen LogP contribution < -0.4 is 16.0 Å². The van der Waals surface area contributed by atoms with Gasteiger partial charge in [-0.1, -0.05) is 12.1 Å². The first-order valence-corrected chi connectivity index (χ1v) is 10.3. The van der Waals surface area contributed by atoms with Gasteiger partial charge in [0, 0.05) is 25.0 Å². The number of ether oxygens (including phenoxy) is 2. The fourth-order valence-electron chi connectivity index (χ4n) is 3.99. The highest BCUT2D eigenvalue weighted by molar-refractivity contribution is 5.77. The van der Waals surface area contributed by atoms with Gasteiger partial charge in [0.1, 0.15) is 5.75 Å². The number of aromatic nitrogens is 5. The standard InChI is InChI=1S/C22H25N5O5/c1-6-32-17(28)11-12-25-20(29)18-19(24(4)22(25)30)23-21-26(13(2)14(3)27(18)21)15-9-7-8-10-16(15)31-5/h7-10H,6,11-12H2,1-5H3. The number of fused-ring (bicyclic) bond motifs is 3. The highest BCUT2D eigenvalue weighted by Gasteiger charge is 2.24. The number of para-hydroxylation sites is 2. The maximum Gasteiger partial charge on any atom is 0.332 e. The van der Waals surface area contributed by atoms with E-state index in [1.165, 1.54) is 4.57 Å². The molecule has 0 saturated carbocycles. The van der Waals surface area contributed by atoms with Crippen molar-refractivity contribution in [3.8, 4) is 11.4 Å². The Balaban J connectivity index is 2.02. The lowest BCUT2D eigenvalue weighted by Crippen LogP contribution is -2.40. The molecule has 0 unspecified atom stereocenters. The van der Waals surface area contributed by atoms with Gasteiger partial charge < -0.3 is 9.47 Å².